The summed E-state index contributed by atoms with van der Waals surface area (Å²) in [5.74, 6) is 3.33. The summed E-state index contributed by atoms with van der Waals surface area (Å²) in [6.07, 6.45) is 0. The van der Waals surface area contributed by atoms with Gasteiger partial charge in [0.05, 0.1) is 14.2 Å². The molecule has 4 heteroatoms. The maximum absolute atomic E-state index is 5.89. The van der Waals surface area contributed by atoms with E-state index in [-0.39, 0.29) is 0 Å². The van der Waals surface area contributed by atoms with E-state index in [2.05, 4.69) is 0 Å². The molecule has 0 aliphatic rings. The Bertz CT molecular complexity index is 574. The predicted octanol–water partition coefficient (Wildman–Crippen LogP) is 4.54. The molecule has 0 fully saturated rings. The molecule has 0 amide bonds. The van der Waals surface area contributed by atoms with Gasteiger partial charge in [-0.25, -0.2) is 0 Å². The molecule has 106 valence electrons. The largest absolute Gasteiger partial charge is 0.496 e. The Hall–Kier alpha value is -1.87. The lowest BCUT2D eigenvalue weighted by atomic mass is 10.1. The Balaban J connectivity index is 2.29. The Morgan fingerprint density at radius 1 is 0.900 bits per heavy atom. The minimum Gasteiger partial charge on any atom is -0.496 e. The highest BCUT2D eigenvalue weighted by molar-refractivity contribution is 6.17. The molecule has 0 saturated carbocycles. The van der Waals surface area contributed by atoms with Crippen molar-refractivity contribution in [2.75, 3.05) is 14.2 Å². The molecule has 0 aliphatic heterocycles. The van der Waals surface area contributed by atoms with E-state index in [9.17, 15) is 0 Å². The SMILES string of the molecule is COc1cc(OC)cc(Oc2ccc(CCl)cc2C)c1. The Kier molecular flexibility index (Phi) is 4.74. The van der Waals surface area contributed by atoms with E-state index < -0.39 is 0 Å². The van der Waals surface area contributed by atoms with Gasteiger partial charge in [-0.05, 0) is 24.1 Å². The maximum Gasteiger partial charge on any atom is 0.134 e. The average molecular weight is 293 g/mol. The van der Waals surface area contributed by atoms with Gasteiger partial charge in [0, 0.05) is 24.1 Å². The van der Waals surface area contributed by atoms with Gasteiger partial charge in [0.25, 0.3) is 0 Å². The maximum atomic E-state index is 5.89. The first-order chi connectivity index (χ1) is 9.66. The minimum atomic E-state index is 0.494. The van der Waals surface area contributed by atoms with Crippen LogP contribution in [-0.2, 0) is 5.88 Å². The zero-order chi connectivity index (χ0) is 14.5. The van der Waals surface area contributed by atoms with Gasteiger partial charge in [0.15, 0.2) is 0 Å². The molecule has 0 saturated heterocycles. The third-order valence-corrected chi connectivity index (χ3v) is 3.26. The molecule has 0 N–H and O–H groups in total. The third-order valence-electron chi connectivity index (χ3n) is 2.95. The second-order valence-electron chi connectivity index (χ2n) is 4.38. The standard InChI is InChI=1S/C16H17ClO3/c1-11-6-12(10-17)4-5-16(11)20-15-8-13(18-2)7-14(9-15)19-3/h4-9H,10H2,1-3H3. The van der Waals surface area contributed by atoms with Crippen LogP contribution in [0.3, 0.4) is 0 Å². The van der Waals surface area contributed by atoms with Gasteiger partial charge in [-0.15, -0.1) is 11.6 Å². The monoisotopic (exact) mass is 292 g/mol. The van der Waals surface area contributed by atoms with Crippen molar-refractivity contribution < 1.29 is 14.2 Å². The second kappa shape index (κ2) is 6.53. The highest BCUT2D eigenvalue weighted by atomic mass is 35.5. The summed E-state index contributed by atoms with van der Waals surface area (Å²) < 4.78 is 16.3. The van der Waals surface area contributed by atoms with E-state index in [4.69, 9.17) is 25.8 Å². The van der Waals surface area contributed by atoms with Crippen molar-refractivity contribution >= 4 is 11.6 Å². The van der Waals surface area contributed by atoms with E-state index in [1.54, 1.807) is 20.3 Å². The first-order valence-corrected chi connectivity index (χ1v) is 6.76. The Morgan fingerprint density at radius 2 is 1.50 bits per heavy atom. The van der Waals surface area contributed by atoms with E-state index in [0.29, 0.717) is 23.1 Å². The summed E-state index contributed by atoms with van der Waals surface area (Å²) in [7, 11) is 3.22. The molecule has 0 spiro atoms. The highest BCUT2D eigenvalue weighted by Crippen LogP contribution is 2.32. The van der Waals surface area contributed by atoms with Gasteiger partial charge in [0.1, 0.15) is 23.0 Å². The van der Waals surface area contributed by atoms with Crippen LogP contribution in [0.4, 0.5) is 0 Å². The fourth-order valence-corrected chi connectivity index (χ4v) is 2.04. The molecule has 0 unspecified atom stereocenters. The van der Waals surface area contributed by atoms with E-state index in [1.807, 2.05) is 37.3 Å². The van der Waals surface area contributed by atoms with Crippen LogP contribution in [-0.4, -0.2) is 14.2 Å². The van der Waals surface area contributed by atoms with Crippen molar-refractivity contribution in [1.29, 1.82) is 0 Å². The smallest absolute Gasteiger partial charge is 0.134 e. The zero-order valence-corrected chi connectivity index (χ0v) is 12.5. The Labute approximate surface area is 124 Å². The van der Waals surface area contributed by atoms with Crippen molar-refractivity contribution in [2.24, 2.45) is 0 Å². The van der Waals surface area contributed by atoms with Crippen LogP contribution >= 0.6 is 11.6 Å². The summed E-state index contributed by atoms with van der Waals surface area (Å²) in [4.78, 5) is 0. The van der Waals surface area contributed by atoms with Crippen LogP contribution in [0.1, 0.15) is 11.1 Å². The second-order valence-corrected chi connectivity index (χ2v) is 4.65. The Morgan fingerprint density at radius 3 is 2.00 bits per heavy atom. The predicted molar refractivity (Wildman–Crippen MR) is 80.4 cm³/mol. The third kappa shape index (κ3) is 3.36. The van der Waals surface area contributed by atoms with E-state index in [0.717, 1.165) is 16.9 Å². The number of alkyl halides is 1. The number of ether oxygens (including phenoxy) is 3. The summed E-state index contributed by atoms with van der Waals surface area (Å²) in [6, 6.07) is 11.3. The molecule has 3 nitrogen and oxygen atoms in total. The van der Waals surface area contributed by atoms with Crippen LogP contribution in [0.25, 0.3) is 0 Å². The van der Waals surface area contributed by atoms with Crippen molar-refractivity contribution in [2.45, 2.75) is 12.8 Å². The number of halogens is 1. The summed E-state index contributed by atoms with van der Waals surface area (Å²) in [5.41, 5.74) is 2.10. The van der Waals surface area contributed by atoms with Gasteiger partial charge in [-0.2, -0.15) is 0 Å². The average Bonchev–Trinajstić information content (AvgIpc) is 2.48. The lowest BCUT2D eigenvalue weighted by molar-refractivity contribution is 0.386. The van der Waals surface area contributed by atoms with Crippen molar-refractivity contribution in [1.82, 2.24) is 0 Å². The molecule has 0 radical (unpaired) electrons. The molecule has 0 bridgehead atoms. The van der Waals surface area contributed by atoms with Gasteiger partial charge in [-0.3, -0.25) is 0 Å². The van der Waals surface area contributed by atoms with Crippen LogP contribution in [0.2, 0.25) is 0 Å². The zero-order valence-electron chi connectivity index (χ0n) is 11.8. The summed E-state index contributed by atoms with van der Waals surface area (Å²) in [6.45, 7) is 1.99. The fourth-order valence-electron chi connectivity index (χ4n) is 1.88. The minimum absolute atomic E-state index is 0.494. The van der Waals surface area contributed by atoms with Crippen LogP contribution in [0.15, 0.2) is 36.4 Å². The van der Waals surface area contributed by atoms with E-state index >= 15 is 0 Å². The van der Waals surface area contributed by atoms with Crippen molar-refractivity contribution in [3.05, 3.63) is 47.5 Å². The molecular weight excluding hydrogens is 276 g/mol. The first-order valence-electron chi connectivity index (χ1n) is 6.22. The fraction of sp³-hybridized carbons (Fsp3) is 0.250. The summed E-state index contributed by atoms with van der Waals surface area (Å²) in [5, 5.41) is 0. The molecule has 20 heavy (non-hydrogen) atoms. The van der Waals surface area contributed by atoms with Gasteiger partial charge in [-0.1, -0.05) is 12.1 Å². The molecule has 2 aromatic rings. The summed E-state index contributed by atoms with van der Waals surface area (Å²) >= 11 is 5.82. The molecule has 0 aromatic heterocycles. The molecule has 0 heterocycles. The molecule has 0 atom stereocenters. The lowest BCUT2D eigenvalue weighted by Gasteiger charge is -2.12. The number of rotatable bonds is 5. The first kappa shape index (κ1) is 14.5. The number of benzene rings is 2. The molecule has 2 aromatic carbocycles. The molecule has 0 aliphatic carbocycles. The van der Waals surface area contributed by atoms with Crippen LogP contribution < -0.4 is 14.2 Å². The quantitative estimate of drug-likeness (QED) is 0.757. The van der Waals surface area contributed by atoms with Crippen LogP contribution in [0, 0.1) is 6.92 Å². The number of hydrogen-bond acceptors (Lipinski definition) is 3. The topological polar surface area (TPSA) is 27.7 Å². The molecule has 2 rings (SSSR count). The number of methoxy groups -OCH3 is 2. The van der Waals surface area contributed by atoms with Gasteiger partial charge < -0.3 is 14.2 Å². The van der Waals surface area contributed by atoms with Crippen LogP contribution in [0.5, 0.6) is 23.0 Å². The van der Waals surface area contributed by atoms with Gasteiger partial charge in [0.2, 0.25) is 0 Å². The van der Waals surface area contributed by atoms with E-state index in [1.165, 1.54) is 0 Å². The lowest BCUT2D eigenvalue weighted by Crippen LogP contribution is -1.92. The normalized spacial score (nSPS) is 10.2. The van der Waals surface area contributed by atoms with Crippen molar-refractivity contribution in [3.63, 3.8) is 0 Å². The van der Waals surface area contributed by atoms with Gasteiger partial charge >= 0.3 is 0 Å². The number of hydrogen-bond donors (Lipinski definition) is 0. The molecular formula is C16H17ClO3. The number of aryl methyl sites for hydroxylation is 1. The van der Waals surface area contributed by atoms with Crippen molar-refractivity contribution in [3.8, 4) is 23.0 Å². The highest BCUT2D eigenvalue weighted by Gasteiger charge is 2.06.